The van der Waals surface area contributed by atoms with Gasteiger partial charge in [0, 0.05) is 12.2 Å². The number of carbonyl (C=O) groups is 3. The van der Waals surface area contributed by atoms with E-state index in [1.807, 2.05) is 69.3 Å². The van der Waals surface area contributed by atoms with Crippen molar-refractivity contribution in [2.24, 2.45) is 11.8 Å². The minimum absolute atomic E-state index is 0.234. The number of aryl methyl sites for hydroxylation is 2. The summed E-state index contributed by atoms with van der Waals surface area (Å²) in [6, 6.07) is 13.9. The van der Waals surface area contributed by atoms with Gasteiger partial charge < -0.3 is 25.4 Å². The zero-order valence-corrected chi connectivity index (χ0v) is 22.5. The highest BCUT2D eigenvalue weighted by Gasteiger charge is 2.78. The zero-order chi connectivity index (χ0) is 27.2. The largest absolute Gasteiger partial charge is 0.394 e. The van der Waals surface area contributed by atoms with Gasteiger partial charge in [-0.3, -0.25) is 14.4 Å². The molecule has 8 nitrogen and oxygen atoms in total. The Morgan fingerprint density at radius 3 is 2.55 bits per heavy atom. The number of amides is 3. The standard InChI is InChI=1S/C30H37N3O5/c1-5-29-13-14-30(38-29)24(23(29)26(35)31-16-21-9-7-6-8-10-21)28(37)33(20(4)17-34)25(30)27(36)32-22-15-18(2)11-12-19(22)3/h6-12,15,20,23-25,34H,5,13-14,16-17H2,1-4H3,(H,31,35)(H,32,36)/t20-,23-,24+,25?,29+,30?/m1/s1. The van der Waals surface area contributed by atoms with Crippen LogP contribution in [0.15, 0.2) is 48.5 Å². The third-order valence-corrected chi connectivity index (χ3v) is 8.85. The minimum atomic E-state index is -1.13. The molecule has 1 spiro atoms. The van der Waals surface area contributed by atoms with Crippen LogP contribution in [-0.2, 0) is 25.7 Å². The fourth-order valence-electron chi connectivity index (χ4n) is 6.88. The number of ether oxygens (including phenoxy) is 1. The SMILES string of the molecule is CC[C@@]12CCC3(O1)C(C(=O)Nc1cc(C)ccc1C)N([C@H](C)CO)C(=O)[C@@H]3[C@@H]2C(=O)NCc1ccccc1. The molecule has 2 unspecified atom stereocenters. The number of carbonyl (C=O) groups excluding carboxylic acids is 3. The van der Waals surface area contributed by atoms with E-state index in [2.05, 4.69) is 10.6 Å². The number of hydrogen-bond acceptors (Lipinski definition) is 5. The molecule has 3 aliphatic heterocycles. The Balaban J connectivity index is 1.51. The molecule has 2 bridgehead atoms. The molecule has 2 aromatic rings. The van der Waals surface area contributed by atoms with E-state index in [9.17, 15) is 19.5 Å². The second kappa shape index (κ2) is 9.82. The first kappa shape index (κ1) is 26.4. The molecule has 3 amide bonds. The molecule has 3 N–H and O–H groups in total. The molecule has 2 aromatic carbocycles. The molecule has 8 heteroatoms. The van der Waals surface area contributed by atoms with E-state index in [1.165, 1.54) is 4.90 Å². The minimum Gasteiger partial charge on any atom is -0.394 e. The number of fused-ring (bicyclic) bond motifs is 1. The number of aliphatic hydroxyl groups is 1. The molecule has 6 atom stereocenters. The summed E-state index contributed by atoms with van der Waals surface area (Å²) in [4.78, 5) is 43.3. The molecule has 3 saturated heterocycles. The highest BCUT2D eigenvalue weighted by molar-refractivity contribution is 6.04. The Labute approximate surface area is 223 Å². The van der Waals surface area contributed by atoms with Crippen LogP contribution in [-0.4, -0.2) is 57.6 Å². The summed E-state index contributed by atoms with van der Waals surface area (Å²) < 4.78 is 6.76. The van der Waals surface area contributed by atoms with Gasteiger partial charge in [0.05, 0.1) is 30.1 Å². The zero-order valence-electron chi connectivity index (χ0n) is 22.5. The Kier molecular flexibility index (Phi) is 6.82. The molecule has 38 heavy (non-hydrogen) atoms. The second-order valence-corrected chi connectivity index (χ2v) is 11.1. The van der Waals surface area contributed by atoms with Crippen molar-refractivity contribution in [1.82, 2.24) is 10.2 Å². The van der Waals surface area contributed by atoms with Gasteiger partial charge in [-0.15, -0.1) is 0 Å². The van der Waals surface area contributed by atoms with E-state index in [0.717, 1.165) is 16.7 Å². The van der Waals surface area contributed by atoms with Crippen LogP contribution in [0.4, 0.5) is 5.69 Å². The van der Waals surface area contributed by atoms with Crippen molar-refractivity contribution in [3.63, 3.8) is 0 Å². The van der Waals surface area contributed by atoms with Crippen LogP contribution in [0.1, 0.15) is 49.8 Å². The van der Waals surface area contributed by atoms with Gasteiger partial charge in [-0.2, -0.15) is 0 Å². The first-order valence-corrected chi connectivity index (χ1v) is 13.5. The van der Waals surface area contributed by atoms with Crippen molar-refractivity contribution in [2.45, 2.75) is 76.8 Å². The monoisotopic (exact) mass is 519 g/mol. The van der Waals surface area contributed by atoms with Crippen molar-refractivity contribution in [3.8, 4) is 0 Å². The predicted molar refractivity (Wildman–Crippen MR) is 143 cm³/mol. The van der Waals surface area contributed by atoms with Crippen molar-refractivity contribution >= 4 is 23.4 Å². The van der Waals surface area contributed by atoms with Gasteiger partial charge in [-0.1, -0.05) is 49.4 Å². The number of benzene rings is 2. The quantitative estimate of drug-likeness (QED) is 0.497. The maximum atomic E-state index is 14.1. The van der Waals surface area contributed by atoms with Crippen molar-refractivity contribution in [1.29, 1.82) is 0 Å². The van der Waals surface area contributed by atoms with Crippen LogP contribution in [0.2, 0.25) is 0 Å². The first-order valence-electron chi connectivity index (χ1n) is 13.5. The van der Waals surface area contributed by atoms with Crippen LogP contribution in [0.25, 0.3) is 0 Å². The Morgan fingerprint density at radius 2 is 1.87 bits per heavy atom. The summed E-state index contributed by atoms with van der Waals surface area (Å²) in [5, 5.41) is 16.1. The predicted octanol–water partition coefficient (Wildman–Crippen LogP) is 3.09. The maximum absolute atomic E-state index is 14.1. The number of likely N-dealkylation sites (tertiary alicyclic amines) is 1. The molecule has 0 radical (unpaired) electrons. The van der Waals surface area contributed by atoms with Gasteiger partial charge in [0.2, 0.25) is 17.7 Å². The molecule has 202 valence electrons. The van der Waals surface area contributed by atoms with Crippen LogP contribution in [0.5, 0.6) is 0 Å². The van der Waals surface area contributed by atoms with Crippen LogP contribution in [0, 0.1) is 25.7 Å². The van der Waals surface area contributed by atoms with Gasteiger partial charge in [-0.25, -0.2) is 0 Å². The number of hydrogen-bond donors (Lipinski definition) is 3. The highest BCUT2D eigenvalue weighted by Crippen LogP contribution is 2.64. The maximum Gasteiger partial charge on any atom is 0.250 e. The van der Waals surface area contributed by atoms with E-state index < -0.39 is 35.1 Å². The summed E-state index contributed by atoms with van der Waals surface area (Å²) >= 11 is 0. The van der Waals surface area contributed by atoms with Crippen molar-refractivity contribution < 1.29 is 24.2 Å². The topological polar surface area (TPSA) is 108 Å². The number of aliphatic hydroxyl groups excluding tert-OH is 1. The van der Waals surface area contributed by atoms with Gasteiger partial charge in [0.25, 0.3) is 0 Å². The van der Waals surface area contributed by atoms with Crippen molar-refractivity contribution in [2.75, 3.05) is 11.9 Å². The van der Waals surface area contributed by atoms with Gasteiger partial charge in [-0.05, 0) is 62.8 Å². The normalized spacial score (nSPS) is 30.3. The summed E-state index contributed by atoms with van der Waals surface area (Å²) in [5.41, 5.74) is 1.60. The molecule has 3 aliphatic rings. The van der Waals surface area contributed by atoms with Crippen LogP contribution < -0.4 is 10.6 Å². The molecule has 0 aliphatic carbocycles. The van der Waals surface area contributed by atoms with E-state index in [-0.39, 0.29) is 24.3 Å². The molecular formula is C30H37N3O5. The molecule has 5 rings (SSSR count). The molecule has 0 saturated carbocycles. The average molecular weight is 520 g/mol. The van der Waals surface area contributed by atoms with E-state index >= 15 is 0 Å². The second-order valence-electron chi connectivity index (χ2n) is 11.1. The fraction of sp³-hybridized carbons (Fsp3) is 0.500. The van der Waals surface area contributed by atoms with Crippen LogP contribution >= 0.6 is 0 Å². The van der Waals surface area contributed by atoms with Crippen molar-refractivity contribution in [3.05, 3.63) is 65.2 Å². The summed E-state index contributed by atoms with van der Waals surface area (Å²) in [7, 11) is 0. The van der Waals surface area contributed by atoms with E-state index in [1.54, 1.807) is 6.92 Å². The van der Waals surface area contributed by atoms with Crippen LogP contribution in [0.3, 0.4) is 0 Å². The third kappa shape index (κ3) is 4.01. The Morgan fingerprint density at radius 1 is 1.13 bits per heavy atom. The lowest BCUT2D eigenvalue weighted by atomic mass is 9.65. The number of nitrogens with zero attached hydrogens (tertiary/aromatic N) is 1. The molecule has 3 heterocycles. The molecule has 0 aromatic heterocycles. The van der Waals surface area contributed by atoms with Gasteiger partial charge in [0.15, 0.2) is 0 Å². The van der Waals surface area contributed by atoms with E-state index in [0.29, 0.717) is 31.5 Å². The van der Waals surface area contributed by atoms with Gasteiger partial charge in [0.1, 0.15) is 11.6 Å². The third-order valence-electron chi connectivity index (χ3n) is 8.85. The summed E-state index contributed by atoms with van der Waals surface area (Å²) in [6.45, 7) is 7.61. The van der Waals surface area contributed by atoms with Gasteiger partial charge >= 0.3 is 0 Å². The molecular weight excluding hydrogens is 482 g/mol. The number of rotatable bonds is 8. The Hall–Kier alpha value is -3.23. The average Bonchev–Trinajstić information content (AvgIpc) is 3.53. The number of nitrogens with one attached hydrogen (secondary N) is 2. The molecule has 3 fully saturated rings. The smallest absolute Gasteiger partial charge is 0.250 e. The lowest BCUT2D eigenvalue weighted by molar-refractivity contribution is -0.148. The Bertz CT molecular complexity index is 1250. The van der Waals surface area contributed by atoms with E-state index in [4.69, 9.17) is 4.74 Å². The fourth-order valence-corrected chi connectivity index (χ4v) is 6.88. The number of anilines is 1. The lowest BCUT2D eigenvalue weighted by Crippen LogP contribution is -2.56. The first-order chi connectivity index (χ1) is 18.2. The summed E-state index contributed by atoms with van der Waals surface area (Å²) in [5.74, 6) is -2.41. The lowest BCUT2D eigenvalue weighted by Gasteiger charge is -2.36. The summed E-state index contributed by atoms with van der Waals surface area (Å²) in [6.07, 6.45) is 1.65. The highest BCUT2D eigenvalue weighted by atomic mass is 16.5.